The Balaban J connectivity index is 1.27. The molecule has 1 fully saturated rings. The predicted molar refractivity (Wildman–Crippen MR) is 109 cm³/mol. The molecule has 1 N–H and O–H groups in total. The molecule has 0 spiro atoms. The number of rotatable bonds is 6. The van der Waals surface area contributed by atoms with Crippen molar-refractivity contribution in [3.63, 3.8) is 0 Å². The smallest absolute Gasteiger partial charge is 0.257 e. The molecule has 31 heavy (non-hydrogen) atoms. The Labute approximate surface area is 179 Å². The number of amides is 1. The molecule has 1 heterocycles. The number of aromatic hydroxyl groups is 1. The summed E-state index contributed by atoms with van der Waals surface area (Å²) in [5.74, 6) is -2.78. The summed E-state index contributed by atoms with van der Waals surface area (Å²) in [6.07, 6.45) is 4.74. The minimum atomic E-state index is -1.17. The summed E-state index contributed by atoms with van der Waals surface area (Å²) < 4.78 is 46.9. The number of fused-ring (bicyclic) bond motifs is 1. The lowest BCUT2D eigenvalue weighted by molar-refractivity contribution is 0.0718. The normalized spacial score (nSPS) is 21.8. The fourth-order valence-corrected chi connectivity index (χ4v) is 4.85. The van der Waals surface area contributed by atoms with Crippen LogP contribution in [0.3, 0.4) is 0 Å². The number of carbonyl (C=O) groups is 1. The van der Waals surface area contributed by atoms with Gasteiger partial charge in [0.2, 0.25) is 0 Å². The Morgan fingerprint density at radius 2 is 1.84 bits per heavy atom. The van der Waals surface area contributed by atoms with Crippen LogP contribution in [0.25, 0.3) is 0 Å². The minimum absolute atomic E-state index is 0.0245. The minimum Gasteiger partial charge on any atom is -0.503 e. The first-order chi connectivity index (χ1) is 14.8. The van der Waals surface area contributed by atoms with Crippen LogP contribution in [-0.2, 0) is 6.54 Å². The Hall–Kier alpha value is -2.70. The number of phenols is 1. The number of phenolic OH excluding ortho intramolecular Hbond substituents is 1. The number of hydrogen-bond acceptors (Lipinski definition) is 3. The zero-order chi connectivity index (χ0) is 22.1. The van der Waals surface area contributed by atoms with Crippen LogP contribution >= 0.6 is 0 Å². The van der Waals surface area contributed by atoms with E-state index in [1.54, 1.807) is 17.0 Å². The van der Waals surface area contributed by atoms with Crippen LogP contribution in [0, 0.1) is 29.3 Å². The van der Waals surface area contributed by atoms with Gasteiger partial charge in [-0.3, -0.25) is 4.79 Å². The first kappa shape index (κ1) is 21.5. The quantitative estimate of drug-likeness (QED) is 0.661. The number of halogens is 3. The standard InChI is InChI=1S/C24H26F3NO3/c1-14(31-19-4-2-3-18(25)11-19)9-15-5-7-16(8-6-15)12-28-13-17-10-20(26)23(29)22(27)21(17)24(28)30/h2-4,10-11,14-16,29H,5-9,12-13H2,1H3. The molecule has 1 amide bonds. The fourth-order valence-electron chi connectivity index (χ4n) is 4.85. The summed E-state index contributed by atoms with van der Waals surface area (Å²) in [6, 6.07) is 7.18. The van der Waals surface area contributed by atoms with Crippen LogP contribution in [-0.4, -0.2) is 28.6 Å². The number of nitrogens with zero attached hydrogens (tertiary/aromatic N) is 1. The molecule has 1 aliphatic heterocycles. The molecule has 7 heteroatoms. The molecule has 4 nitrogen and oxygen atoms in total. The van der Waals surface area contributed by atoms with E-state index in [1.807, 2.05) is 6.92 Å². The average Bonchev–Trinajstić information content (AvgIpc) is 3.02. The third-order valence-corrected chi connectivity index (χ3v) is 6.38. The summed E-state index contributed by atoms with van der Waals surface area (Å²) in [6.45, 7) is 2.65. The van der Waals surface area contributed by atoms with Crippen LogP contribution in [0.4, 0.5) is 13.2 Å². The molecule has 2 aromatic carbocycles. The van der Waals surface area contributed by atoms with Gasteiger partial charge in [-0.15, -0.1) is 0 Å². The number of ether oxygens (including phenoxy) is 1. The highest BCUT2D eigenvalue weighted by Crippen LogP contribution is 2.36. The molecule has 1 aliphatic carbocycles. The molecule has 0 saturated heterocycles. The molecule has 4 rings (SSSR count). The van der Waals surface area contributed by atoms with Gasteiger partial charge in [0.25, 0.3) is 5.91 Å². The molecule has 1 unspecified atom stereocenters. The van der Waals surface area contributed by atoms with E-state index < -0.39 is 23.3 Å². The van der Waals surface area contributed by atoms with Gasteiger partial charge in [-0.2, -0.15) is 0 Å². The highest BCUT2D eigenvalue weighted by Gasteiger charge is 2.35. The Morgan fingerprint density at radius 1 is 1.13 bits per heavy atom. The molecule has 2 aliphatic rings. The van der Waals surface area contributed by atoms with E-state index in [0.717, 1.165) is 38.2 Å². The summed E-state index contributed by atoms with van der Waals surface area (Å²) in [5.41, 5.74) is 0.0747. The van der Waals surface area contributed by atoms with Crippen LogP contribution < -0.4 is 4.74 Å². The molecule has 1 saturated carbocycles. The summed E-state index contributed by atoms with van der Waals surface area (Å²) >= 11 is 0. The van der Waals surface area contributed by atoms with Gasteiger partial charge >= 0.3 is 0 Å². The molecular weight excluding hydrogens is 407 g/mol. The van der Waals surface area contributed by atoms with E-state index in [2.05, 4.69) is 0 Å². The molecule has 2 aromatic rings. The van der Waals surface area contributed by atoms with Gasteiger partial charge < -0.3 is 14.7 Å². The first-order valence-corrected chi connectivity index (χ1v) is 10.7. The lowest BCUT2D eigenvalue weighted by atomic mass is 9.79. The van der Waals surface area contributed by atoms with Gasteiger partial charge in [0.15, 0.2) is 17.4 Å². The van der Waals surface area contributed by atoms with E-state index in [0.29, 0.717) is 24.1 Å². The van der Waals surface area contributed by atoms with Crippen LogP contribution in [0.1, 0.15) is 54.9 Å². The van der Waals surface area contributed by atoms with Gasteiger partial charge in [0.05, 0.1) is 11.7 Å². The van der Waals surface area contributed by atoms with Gasteiger partial charge in [-0.05, 0) is 74.6 Å². The van der Waals surface area contributed by atoms with E-state index in [-0.39, 0.29) is 29.6 Å². The molecule has 166 valence electrons. The second-order valence-electron chi connectivity index (χ2n) is 8.75. The van der Waals surface area contributed by atoms with Crippen molar-refractivity contribution < 1.29 is 27.8 Å². The second kappa shape index (κ2) is 8.81. The molecule has 0 radical (unpaired) electrons. The SMILES string of the molecule is CC(CC1CCC(CN2Cc3cc(F)c(O)c(F)c3C2=O)CC1)Oc1cccc(F)c1. The zero-order valence-electron chi connectivity index (χ0n) is 17.4. The predicted octanol–water partition coefficient (Wildman–Crippen LogP) is 5.43. The van der Waals surface area contributed by atoms with Crippen molar-refractivity contribution in [1.82, 2.24) is 4.90 Å². The summed E-state index contributed by atoms with van der Waals surface area (Å²) in [7, 11) is 0. The van der Waals surface area contributed by atoms with Crippen molar-refractivity contribution in [2.45, 2.75) is 51.7 Å². The van der Waals surface area contributed by atoms with Crippen molar-refractivity contribution in [2.24, 2.45) is 11.8 Å². The maximum atomic E-state index is 14.1. The average molecular weight is 433 g/mol. The van der Waals surface area contributed by atoms with E-state index in [9.17, 15) is 23.1 Å². The maximum Gasteiger partial charge on any atom is 0.257 e. The fraction of sp³-hybridized carbons (Fsp3) is 0.458. The lowest BCUT2D eigenvalue weighted by Gasteiger charge is -2.32. The van der Waals surface area contributed by atoms with Crippen molar-refractivity contribution in [3.8, 4) is 11.5 Å². The maximum absolute atomic E-state index is 14.1. The third kappa shape index (κ3) is 4.65. The molecule has 0 bridgehead atoms. The van der Waals surface area contributed by atoms with E-state index >= 15 is 0 Å². The second-order valence-corrected chi connectivity index (χ2v) is 8.75. The number of benzene rings is 2. The lowest BCUT2D eigenvalue weighted by Crippen LogP contribution is -2.32. The number of hydrogen-bond donors (Lipinski definition) is 1. The molecule has 0 aromatic heterocycles. The zero-order valence-corrected chi connectivity index (χ0v) is 17.4. The van der Waals surface area contributed by atoms with E-state index in [1.165, 1.54) is 12.1 Å². The van der Waals surface area contributed by atoms with Crippen LogP contribution in [0.2, 0.25) is 0 Å². The largest absolute Gasteiger partial charge is 0.503 e. The van der Waals surface area contributed by atoms with Crippen molar-refractivity contribution in [1.29, 1.82) is 0 Å². The highest BCUT2D eigenvalue weighted by molar-refractivity contribution is 5.99. The Kier molecular flexibility index (Phi) is 6.12. The first-order valence-electron chi connectivity index (χ1n) is 10.7. The van der Waals surface area contributed by atoms with Crippen molar-refractivity contribution in [2.75, 3.05) is 6.54 Å². The van der Waals surface area contributed by atoms with E-state index in [4.69, 9.17) is 4.74 Å². The van der Waals surface area contributed by atoms with Crippen LogP contribution in [0.5, 0.6) is 11.5 Å². The Morgan fingerprint density at radius 3 is 2.55 bits per heavy atom. The Bertz CT molecular complexity index is 973. The third-order valence-electron chi connectivity index (χ3n) is 6.38. The van der Waals surface area contributed by atoms with Crippen molar-refractivity contribution >= 4 is 5.91 Å². The molecule has 1 atom stereocenters. The van der Waals surface area contributed by atoms with Gasteiger partial charge in [0, 0.05) is 19.2 Å². The summed E-state index contributed by atoms with van der Waals surface area (Å²) in [4.78, 5) is 14.1. The monoisotopic (exact) mass is 433 g/mol. The topological polar surface area (TPSA) is 49.8 Å². The molecular formula is C24H26F3NO3. The van der Waals surface area contributed by atoms with Gasteiger partial charge in [-0.1, -0.05) is 6.07 Å². The van der Waals surface area contributed by atoms with Crippen molar-refractivity contribution in [3.05, 3.63) is 58.9 Å². The van der Waals surface area contributed by atoms with Gasteiger partial charge in [-0.25, -0.2) is 13.2 Å². The highest BCUT2D eigenvalue weighted by atomic mass is 19.1. The number of carbonyl (C=O) groups excluding carboxylic acids is 1. The summed E-state index contributed by atoms with van der Waals surface area (Å²) in [5, 5.41) is 9.45. The van der Waals surface area contributed by atoms with Crippen LogP contribution in [0.15, 0.2) is 30.3 Å². The van der Waals surface area contributed by atoms with Gasteiger partial charge in [0.1, 0.15) is 11.6 Å².